The number of carbonyl (C=O) groups excluding carboxylic acids is 1. The summed E-state index contributed by atoms with van der Waals surface area (Å²) in [7, 11) is 0. The molecule has 0 aromatic carbocycles. The van der Waals surface area contributed by atoms with Crippen molar-refractivity contribution in [1.29, 1.82) is 0 Å². The Hall–Kier alpha value is -1.30. The Labute approximate surface area is 133 Å². The van der Waals surface area contributed by atoms with Gasteiger partial charge in [-0.15, -0.1) is 0 Å². The van der Waals surface area contributed by atoms with Crippen molar-refractivity contribution in [3.8, 4) is 0 Å². The standard InChI is InChI=1S/C15H21BrN2O3/c1-2-5-17-10-12(16)8-13(17)15(21)18-6-3-4-11(9-18)7-14(19)20/h8,10-11H,2-7,9H2,1H3,(H,19,20). The number of aliphatic carboxylic acids is 1. The van der Waals surface area contributed by atoms with Crippen LogP contribution in [0.1, 0.15) is 43.1 Å². The number of carboxylic acid groups (broad SMARTS) is 1. The molecule has 6 heteroatoms. The van der Waals surface area contributed by atoms with Crippen molar-refractivity contribution in [2.45, 2.75) is 39.2 Å². The molecular weight excluding hydrogens is 336 g/mol. The smallest absolute Gasteiger partial charge is 0.303 e. The zero-order valence-corrected chi connectivity index (χ0v) is 13.8. The van der Waals surface area contributed by atoms with Crippen LogP contribution in [0.25, 0.3) is 0 Å². The van der Waals surface area contributed by atoms with Crippen LogP contribution in [-0.2, 0) is 11.3 Å². The second kappa shape index (κ2) is 7.11. The van der Waals surface area contributed by atoms with Gasteiger partial charge in [0.15, 0.2) is 0 Å². The van der Waals surface area contributed by atoms with Crippen molar-refractivity contribution >= 4 is 27.8 Å². The minimum absolute atomic E-state index is 0.00392. The molecular formula is C15H21BrN2O3. The molecule has 5 nitrogen and oxygen atoms in total. The third kappa shape index (κ3) is 4.09. The van der Waals surface area contributed by atoms with Crippen LogP contribution in [0, 0.1) is 5.92 Å². The van der Waals surface area contributed by atoms with Crippen molar-refractivity contribution in [3.63, 3.8) is 0 Å². The molecule has 1 saturated heterocycles. The zero-order valence-electron chi connectivity index (χ0n) is 12.2. The second-order valence-corrected chi connectivity index (χ2v) is 6.51. The third-order valence-corrected chi connectivity index (χ3v) is 4.25. The van der Waals surface area contributed by atoms with Crippen LogP contribution >= 0.6 is 15.9 Å². The number of aromatic nitrogens is 1. The SMILES string of the molecule is CCCn1cc(Br)cc1C(=O)N1CCCC(CC(=O)O)C1. The van der Waals surface area contributed by atoms with Crippen LogP contribution in [0.3, 0.4) is 0 Å². The third-order valence-electron chi connectivity index (χ3n) is 3.82. The first-order valence-electron chi connectivity index (χ1n) is 7.38. The van der Waals surface area contributed by atoms with Gasteiger partial charge in [0.2, 0.25) is 0 Å². The lowest BCUT2D eigenvalue weighted by Gasteiger charge is -2.32. The van der Waals surface area contributed by atoms with E-state index in [9.17, 15) is 9.59 Å². The number of hydrogen-bond donors (Lipinski definition) is 1. The molecule has 21 heavy (non-hydrogen) atoms. The van der Waals surface area contributed by atoms with E-state index in [0.717, 1.165) is 30.3 Å². The number of piperidine rings is 1. The fourth-order valence-corrected chi connectivity index (χ4v) is 3.37. The predicted octanol–water partition coefficient (Wildman–Crippen LogP) is 2.99. The Morgan fingerprint density at radius 3 is 2.90 bits per heavy atom. The highest BCUT2D eigenvalue weighted by Gasteiger charge is 2.27. The number of halogens is 1. The Morgan fingerprint density at radius 1 is 1.48 bits per heavy atom. The van der Waals surface area contributed by atoms with Gasteiger partial charge in [0.1, 0.15) is 5.69 Å². The van der Waals surface area contributed by atoms with Crippen molar-refractivity contribution in [1.82, 2.24) is 9.47 Å². The molecule has 1 unspecified atom stereocenters. The molecule has 0 saturated carbocycles. The van der Waals surface area contributed by atoms with E-state index in [1.165, 1.54) is 0 Å². The van der Waals surface area contributed by atoms with Crippen molar-refractivity contribution < 1.29 is 14.7 Å². The van der Waals surface area contributed by atoms with Crippen LogP contribution in [0.4, 0.5) is 0 Å². The highest BCUT2D eigenvalue weighted by atomic mass is 79.9. The number of rotatable bonds is 5. The normalized spacial score (nSPS) is 18.8. The van der Waals surface area contributed by atoms with E-state index in [2.05, 4.69) is 22.9 Å². The summed E-state index contributed by atoms with van der Waals surface area (Å²) in [6.07, 6.45) is 4.79. The zero-order chi connectivity index (χ0) is 15.4. The molecule has 1 N–H and O–H groups in total. The fraction of sp³-hybridized carbons (Fsp3) is 0.600. The summed E-state index contributed by atoms with van der Waals surface area (Å²) in [6, 6.07) is 1.85. The van der Waals surface area contributed by atoms with Crippen LogP contribution < -0.4 is 0 Å². The van der Waals surface area contributed by atoms with E-state index >= 15 is 0 Å². The molecule has 116 valence electrons. The molecule has 0 spiro atoms. The molecule has 1 amide bonds. The Bertz CT molecular complexity index is 527. The van der Waals surface area contributed by atoms with Crippen molar-refractivity contribution in [3.05, 3.63) is 22.4 Å². The number of likely N-dealkylation sites (tertiary alicyclic amines) is 1. The largest absolute Gasteiger partial charge is 0.481 e. The maximum atomic E-state index is 12.7. The van der Waals surface area contributed by atoms with Crippen LogP contribution in [0.5, 0.6) is 0 Å². The summed E-state index contributed by atoms with van der Waals surface area (Å²) in [5.41, 5.74) is 0.680. The highest BCUT2D eigenvalue weighted by molar-refractivity contribution is 9.10. The van der Waals surface area contributed by atoms with Gasteiger partial charge in [-0.3, -0.25) is 9.59 Å². The van der Waals surface area contributed by atoms with Crippen LogP contribution in [0.15, 0.2) is 16.7 Å². The first-order chi connectivity index (χ1) is 10.0. The lowest BCUT2D eigenvalue weighted by atomic mass is 9.94. The van der Waals surface area contributed by atoms with Gasteiger partial charge in [-0.1, -0.05) is 6.92 Å². The quantitative estimate of drug-likeness (QED) is 0.881. The minimum atomic E-state index is -0.786. The summed E-state index contributed by atoms with van der Waals surface area (Å²) in [5, 5.41) is 8.91. The molecule has 2 rings (SSSR count). The molecule has 1 aliphatic rings. The van der Waals surface area contributed by atoms with Gasteiger partial charge < -0.3 is 14.6 Å². The molecule has 1 aliphatic heterocycles. The molecule has 1 fully saturated rings. The Kier molecular flexibility index (Phi) is 5.45. The van der Waals surface area contributed by atoms with E-state index in [4.69, 9.17) is 5.11 Å². The Morgan fingerprint density at radius 2 is 2.24 bits per heavy atom. The van der Waals surface area contributed by atoms with E-state index < -0.39 is 5.97 Å². The average Bonchev–Trinajstić information content (AvgIpc) is 2.79. The van der Waals surface area contributed by atoms with E-state index in [1.807, 2.05) is 16.8 Å². The van der Waals surface area contributed by atoms with Gasteiger partial charge in [0.05, 0.1) is 0 Å². The van der Waals surface area contributed by atoms with E-state index in [-0.39, 0.29) is 18.2 Å². The van der Waals surface area contributed by atoms with Gasteiger partial charge >= 0.3 is 5.97 Å². The minimum Gasteiger partial charge on any atom is -0.481 e. The molecule has 0 bridgehead atoms. The summed E-state index contributed by atoms with van der Waals surface area (Å²) in [5.74, 6) is -0.714. The number of amides is 1. The summed E-state index contributed by atoms with van der Waals surface area (Å²) < 4.78 is 2.87. The van der Waals surface area contributed by atoms with Crippen molar-refractivity contribution in [2.24, 2.45) is 5.92 Å². The van der Waals surface area contributed by atoms with Gasteiger partial charge in [-0.2, -0.15) is 0 Å². The van der Waals surface area contributed by atoms with Gasteiger partial charge in [0.25, 0.3) is 5.91 Å². The van der Waals surface area contributed by atoms with Gasteiger partial charge in [-0.05, 0) is 47.2 Å². The number of carboxylic acids is 1. The molecule has 1 aromatic heterocycles. The van der Waals surface area contributed by atoms with E-state index in [1.54, 1.807) is 4.90 Å². The summed E-state index contributed by atoms with van der Waals surface area (Å²) >= 11 is 3.42. The topological polar surface area (TPSA) is 62.5 Å². The monoisotopic (exact) mass is 356 g/mol. The van der Waals surface area contributed by atoms with Crippen LogP contribution in [0.2, 0.25) is 0 Å². The highest BCUT2D eigenvalue weighted by Crippen LogP contribution is 2.23. The average molecular weight is 357 g/mol. The van der Waals surface area contributed by atoms with Gasteiger partial charge in [0, 0.05) is 36.7 Å². The molecule has 1 atom stereocenters. The lowest BCUT2D eigenvalue weighted by molar-refractivity contribution is -0.138. The van der Waals surface area contributed by atoms with Gasteiger partial charge in [-0.25, -0.2) is 0 Å². The summed E-state index contributed by atoms with van der Waals surface area (Å²) in [4.78, 5) is 25.3. The van der Waals surface area contributed by atoms with Crippen LogP contribution in [-0.4, -0.2) is 39.5 Å². The lowest BCUT2D eigenvalue weighted by Crippen LogP contribution is -2.41. The maximum Gasteiger partial charge on any atom is 0.303 e. The number of nitrogens with zero attached hydrogens (tertiary/aromatic N) is 2. The fourth-order valence-electron chi connectivity index (χ4n) is 2.90. The Balaban J connectivity index is 2.10. The molecule has 2 heterocycles. The van der Waals surface area contributed by atoms with Crippen molar-refractivity contribution in [2.75, 3.05) is 13.1 Å². The molecule has 0 radical (unpaired) electrons. The number of hydrogen-bond acceptors (Lipinski definition) is 2. The molecule has 0 aliphatic carbocycles. The second-order valence-electron chi connectivity index (χ2n) is 5.59. The maximum absolute atomic E-state index is 12.7. The first-order valence-corrected chi connectivity index (χ1v) is 8.17. The number of aryl methyl sites for hydroxylation is 1. The first kappa shape index (κ1) is 16.1. The molecule has 1 aromatic rings. The summed E-state index contributed by atoms with van der Waals surface area (Å²) in [6.45, 7) is 4.13. The predicted molar refractivity (Wildman–Crippen MR) is 83.3 cm³/mol. The number of carbonyl (C=O) groups is 2. The van der Waals surface area contributed by atoms with E-state index in [0.29, 0.717) is 18.8 Å².